The molecule has 0 radical (unpaired) electrons. The minimum atomic E-state index is -0.968. The molecule has 2 fully saturated rings. The molecule has 0 bridgehead atoms. The first-order valence-corrected chi connectivity index (χ1v) is 28.1. The quantitative estimate of drug-likeness (QED) is 0.0736. The molecule has 10 unspecified atom stereocenters. The Morgan fingerprint density at radius 3 is 1.41 bits per heavy atom. The number of carbonyl (C=O) groups excluding carboxylic acids is 8. The second kappa shape index (κ2) is 24.9. The van der Waals surface area contributed by atoms with Crippen molar-refractivity contribution in [3.8, 4) is 0 Å². The van der Waals surface area contributed by atoms with E-state index in [9.17, 15) is 38.4 Å². The van der Waals surface area contributed by atoms with Crippen molar-refractivity contribution >= 4 is 58.0 Å². The lowest BCUT2D eigenvalue weighted by atomic mass is 9.85. The van der Waals surface area contributed by atoms with Crippen molar-refractivity contribution in [1.82, 2.24) is 52.3 Å². The summed E-state index contributed by atoms with van der Waals surface area (Å²) in [7, 11) is 3.32. The van der Waals surface area contributed by atoms with E-state index in [1.807, 2.05) is 71.0 Å². The van der Waals surface area contributed by atoms with Gasteiger partial charge in [-0.2, -0.15) is 0 Å². The largest absolute Gasteiger partial charge is 0.347 e. The van der Waals surface area contributed by atoms with Gasteiger partial charge in [-0.15, -0.1) is 0 Å². The van der Waals surface area contributed by atoms with E-state index in [0.29, 0.717) is 21.9 Å². The molecule has 2 aliphatic carbocycles. The molecule has 8 amide bonds. The van der Waals surface area contributed by atoms with Crippen molar-refractivity contribution in [3.05, 3.63) is 118 Å². The fraction of sp³-hybridized carbons (Fsp3) is 0.508. The Kier molecular flexibility index (Phi) is 18.3. The van der Waals surface area contributed by atoms with E-state index < -0.39 is 77.4 Å². The highest BCUT2D eigenvalue weighted by Gasteiger charge is 2.47. The van der Waals surface area contributed by atoms with Gasteiger partial charge in [-0.25, -0.2) is 0 Å². The molecule has 18 nitrogen and oxygen atoms in total. The van der Waals surface area contributed by atoms with Gasteiger partial charge in [0.2, 0.25) is 35.4 Å². The maximum Gasteiger partial charge on any atom is 0.251 e. The molecule has 79 heavy (non-hydrogen) atoms. The normalized spacial score (nSPS) is 22.4. The first-order valence-electron chi connectivity index (χ1n) is 28.1. The summed E-state index contributed by atoms with van der Waals surface area (Å²) >= 11 is 0. The van der Waals surface area contributed by atoms with Gasteiger partial charge in [-0.05, 0) is 148 Å². The van der Waals surface area contributed by atoms with Crippen LogP contribution in [-0.4, -0.2) is 133 Å². The number of aryl methyl sites for hydroxylation is 2. The van der Waals surface area contributed by atoms with Crippen molar-refractivity contribution in [2.75, 3.05) is 27.2 Å². The molecular formula is C61H80N10O8. The molecule has 10 atom stereocenters. The van der Waals surface area contributed by atoms with Crippen LogP contribution >= 0.6 is 0 Å². The van der Waals surface area contributed by atoms with Crippen molar-refractivity contribution in [3.63, 3.8) is 0 Å². The third-order valence-electron chi connectivity index (χ3n) is 16.5. The summed E-state index contributed by atoms with van der Waals surface area (Å²) in [4.78, 5) is 115. The van der Waals surface area contributed by atoms with E-state index in [4.69, 9.17) is 0 Å². The molecule has 4 aliphatic rings. The fourth-order valence-electron chi connectivity index (χ4n) is 11.6. The van der Waals surface area contributed by atoms with E-state index in [2.05, 4.69) is 54.7 Å². The Hall–Kier alpha value is -7.18. The highest BCUT2D eigenvalue weighted by atomic mass is 16.2. The lowest BCUT2D eigenvalue weighted by Gasteiger charge is -2.36. The third-order valence-corrected chi connectivity index (χ3v) is 16.5. The van der Waals surface area contributed by atoms with Gasteiger partial charge >= 0.3 is 0 Å². The van der Waals surface area contributed by atoms with Gasteiger partial charge < -0.3 is 52.3 Å². The molecule has 4 aromatic rings. The predicted octanol–water partition coefficient (Wildman–Crippen LogP) is 4.51. The highest BCUT2D eigenvalue weighted by molar-refractivity contribution is 6.03. The molecular weight excluding hydrogens is 1000 g/mol. The number of amides is 8. The molecule has 2 aliphatic heterocycles. The number of hydrogen-bond donors (Lipinski definition) is 8. The zero-order valence-corrected chi connectivity index (χ0v) is 47.2. The van der Waals surface area contributed by atoms with Gasteiger partial charge in [0, 0.05) is 36.3 Å². The number of rotatable bonds is 17. The Labute approximate surface area is 464 Å². The van der Waals surface area contributed by atoms with E-state index in [-0.39, 0.29) is 67.6 Å². The Balaban J connectivity index is 0.969. The molecule has 0 aromatic heterocycles. The minimum absolute atomic E-state index is 0.0399. The number of carbonyl (C=O) groups is 8. The topological polar surface area (TPSA) is 239 Å². The van der Waals surface area contributed by atoms with Crippen LogP contribution in [-0.2, 0) is 41.6 Å². The number of hydrogen-bond acceptors (Lipinski definition) is 10. The number of nitrogens with zero attached hydrogens (tertiary/aromatic N) is 2. The Bertz CT molecular complexity index is 2960. The molecule has 4 aromatic carbocycles. The van der Waals surface area contributed by atoms with Gasteiger partial charge in [0.1, 0.15) is 24.2 Å². The summed E-state index contributed by atoms with van der Waals surface area (Å²) in [5.41, 5.74) is 4.41. The maximum atomic E-state index is 14.7. The molecule has 2 saturated heterocycles. The first kappa shape index (κ1) is 58.0. The van der Waals surface area contributed by atoms with E-state index in [1.54, 1.807) is 64.3 Å². The van der Waals surface area contributed by atoms with Crippen LogP contribution in [0, 0.1) is 11.3 Å². The molecule has 422 valence electrons. The summed E-state index contributed by atoms with van der Waals surface area (Å²) in [6.45, 7) is 12.8. The second-order valence-electron chi connectivity index (χ2n) is 23.5. The summed E-state index contributed by atoms with van der Waals surface area (Å²) in [5.74, 6) is -3.29. The highest BCUT2D eigenvalue weighted by Crippen LogP contribution is 2.34. The second-order valence-corrected chi connectivity index (χ2v) is 23.5. The maximum absolute atomic E-state index is 14.7. The van der Waals surface area contributed by atoms with Crippen molar-refractivity contribution in [2.24, 2.45) is 11.3 Å². The van der Waals surface area contributed by atoms with Crippen LogP contribution in [0.15, 0.2) is 84.9 Å². The lowest BCUT2D eigenvalue weighted by Crippen LogP contribution is -2.59. The van der Waals surface area contributed by atoms with Crippen LogP contribution in [0.25, 0.3) is 10.8 Å². The molecule has 8 rings (SSSR count). The van der Waals surface area contributed by atoms with E-state index in [1.165, 1.54) is 20.9 Å². The van der Waals surface area contributed by atoms with Crippen molar-refractivity contribution < 1.29 is 38.4 Å². The zero-order chi connectivity index (χ0) is 56.9. The summed E-state index contributed by atoms with van der Waals surface area (Å²) < 4.78 is 0. The van der Waals surface area contributed by atoms with Gasteiger partial charge in [0.05, 0.1) is 24.2 Å². The average molecular weight is 1080 g/mol. The number of fused-ring (bicyclic) bond motifs is 3. The number of likely N-dealkylation sites (tertiary alicyclic amines) is 2. The number of benzene rings is 4. The zero-order valence-electron chi connectivity index (χ0n) is 47.2. The van der Waals surface area contributed by atoms with Gasteiger partial charge in [0.15, 0.2) is 0 Å². The van der Waals surface area contributed by atoms with Crippen LogP contribution in [0.3, 0.4) is 0 Å². The minimum Gasteiger partial charge on any atom is -0.347 e. The fourth-order valence-corrected chi connectivity index (χ4v) is 11.6. The van der Waals surface area contributed by atoms with Crippen LogP contribution in [0.5, 0.6) is 0 Å². The molecule has 0 spiro atoms. The van der Waals surface area contributed by atoms with Gasteiger partial charge in [-0.3, -0.25) is 38.4 Å². The molecule has 2 heterocycles. The molecule has 18 heteroatoms. The lowest BCUT2D eigenvalue weighted by molar-refractivity contribution is -0.144. The number of likely N-dealkylation sites (N-methyl/N-ethyl adjacent to an activating group) is 2. The Morgan fingerprint density at radius 2 is 0.975 bits per heavy atom. The standard InChI is InChI=1S/C61H80N10O8/c1-34(2)51(68-53(72)35(3)62-8)59(78)70-32-43(30-49(70)57(76)66-47-22-14-18-37-16-10-12-20-45(37)47)64-55(74)41-26-24-40-29-42(27-25-39(40)28-41)56(75)65-44-31-50(58(77)67-48-23-15-19-38-17-11-13-21-46(38)48)71(33-44)60(79)52(61(5,6)7)69-54(73)36(4)63-9/h10-13,16-17,20-21,24-29,34-36,43-44,47-52,62-63H,14-15,18-19,22-23,30-33H2,1-9H3,(H,64,74)(H,65,75)(H,66,76)(H,67,77)(H,68,72)(H,69,73). The van der Waals surface area contributed by atoms with Crippen LogP contribution in [0.2, 0.25) is 0 Å². The van der Waals surface area contributed by atoms with Crippen molar-refractivity contribution in [1.29, 1.82) is 0 Å². The van der Waals surface area contributed by atoms with Crippen molar-refractivity contribution in [2.45, 2.75) is 160 Å². The Morgan fingerprint density at radius 1 is 0.544 bits per heavy atom. The van der Waals surface area contributed by atoms with Gasteiger partial charge in [-0.1, -0.05) is 95.3 Å². The summed E-state index contributed by atoms with van der Waals surface area (Å²) in [6.07, 6.45) is 5.45. The van der Waals surface area contributed by atoms with Crippen LogP contribution in [0.4, 0.5) is 0 Å². The summed E-state index contributed by atoms with van der Waals surface area (Å²) in [6, 6.07) is 19.8. The van der Waals surface area contributed by atoms with E-state index >= 15 is 0 Å². The first-order chi connectivity index (χ1) is 37.6. The SMILES string of the molecule is CNC(C)C(=O)NC(C(=O)N1CC(NC(=O)c2ccc3cc(C(=O)NC4CC(C(=O)NC5CCCc6ccccc65)N(C(=O)C(NC(=O)C(C)NC)C(C)(C)C)C4)ccc3c2)CC1C(=O)NC1CCCc2ccccc21)C(C)C. The van der Waals surface area contributed by atoms with Crippen LogP contribution < -0.4 is 42.5 Å². The van der Waals surface area contributed by atoms with Gasteiger partial charge in [0.25, 0.3) is 11.8 Å². The van der Waals surface area contributed by atoms with E-state index in [0.717, 1.165) is 49.7 Å². The smallest absolute Gasteiger partial charge is 0.251 e. The monoisotopic (exact) mass is 1080 g/mol. The average Bonchev–Trinajstić information content (AvgIpc) is 4.22. The number of nitrogens with one attached hydrogen (secondary N) is 8. The van der Waals surface area contributed by atoms with Crippen LogP contribution in [0.1, 0.15) is 142 Å². The summed E-state index contributed by atoms with van der Waals surface area (Å²) in [5, 5.41) is 25.7. The predicted molar refractivity (Wildman–Crippen MR) is 302 cm³/mol. The third kappa shape index (κ3) is 13.3. The molecule has 8 N–H and O–H groups in total. The molecule has 0 saturated carbocycles.